The normalized spacial score (nSPS) is 15.2. The number of nitrogen functional groups attached to an aromatic ring is 1. The fourth-order valence-corrected chi connectivity index (χ4v) is 3.21. The molecular formula is C12H19FN2O3S. The standard InChI is InChI=1S/C12H19FN2O3S/c1-4-12(3,7-16)15-19(17,18)10-6-9(14)5-8(2)11(10)13/h5-6,15-16H,4,7,14H2,1-3H3. The largest absolute Gasteiger partial charge is 0.399 e. The molecule has 1 aromatic rings. The van der Waals surface area contributed by atoms with Crippen molar-refractivity contribution in [2.45, 2.75) is 37.6 Å². The molecule has 0 fully saturated rings. The summed E-state index contributed by atoms with van der Waals surface area (Å²) in [5.74, 6) is -0.835. The van der Waals surface area contributed by atoms with Crippen LogP contribution in [0.3, 0.4) is 0 Å². The van der Waals surface area contributed by atoms with Crippen molar-refractivity contribution in [3.63, 3.8) is 0 Å². The maximum Gasteiger partial charge on any atom is 0.244 e. The highest BCUT2D eigenvalue weighted by molar-refractivity contribution is 7.89. The maximum atomic E-state index is 13.9. The van der Waals surface area contributed by atoms with E-state index in [1.165, 1.54) is 13.0 Å². The van der Waals surface area contributed by atoms with Gasteiger partial charge in [0.1, 0.15) is 10.7 Å². The van der Waals surface area contributed by atoms with Crippen LogP contribution in [0.2, 0.25) is 0 Å². The van der Waals surface area contributed by atoms with Crippen LogP contribution in [0.5, 0.6) is 0 Å². The Kier molecular flexibility index (Phi) is 4.54. The number of nitrogens with one attached hydrogen (secondary N) is 1. The molecule has 1 aromatic carbocycles. The lowest BCUT2D eigenvalue weighted by Gasteiger charge is -2.27. The summed E-state index contributed by atoms with van der Waals surface area (Å²) in [6.45, 7) is 4.32. The Bertz CT molecular complexity index is 569. The van der Waals surface area contributed by atoms with E-state index >= 15 is 0 Å². The number of nitrogens with two attached hydrogens (primary N) is 1. The number of aryl methyl sites for hydroxylation is 1. The second kappa shape index (κ2) is 5.44. The average molecular weight is 290 g/mol. The van der Waals surface area contributed by atoms with E-state index in [2.05, 4.69) is 4.72 Å². The van der Waals surface area contributed by atoms with Crippen LogP contribution in [0.15, 0.2) is 17.0 Å². The third kappa shape index (κ3) is 3.43. The van der Waals surface area contributed by atoms with E-state index in [9.17, 15) is 17.9 Å². The number of hydrogen-bond donors (Lipinski definition) is 3. The van der Waals surface area contributed by atoms with Gasteiger partial charge in [0.2, 0.25) is 10.0 Å². The number of aliphatic hydroxyl groups excluding tert-OH is 1. The van der Waals surface area contributed by atoms with Crippen LogP contribution in [0.1, 0.15) is 25.8 Å². The van der Waals surface area contributed by atoms with Crippen molar-refractivity contribution in [2.75, 3.05) is 12.3 Å². The summed E-state index contributed by atoms with van der Waals surface area (Å²) in [5.41, 5.74) is 4.83. The van der Waals surface area contributed by atoms with Gasteiger partial charge in [-0.15, -0.1) is 0 Å². The number of anilines is 1. The summed E-state index contributed by atoms with van der Waals surface area (Å²) >= 11 is 0. The summed E-state index contributed by atoms with van der Waals surface area (Å²) in [6, 6.07) is 2.43. The molecular weight excluding hydrogens is 271 g/mol. The molecule has 0 radical (unpaired) electrons. The van der Waals surface area contributed by atoms with Gasteiger partial charge in [0.15, 0.2) is 0 Å². The fourth-order valence-electron chi connectivity index (χ4n) is 1.56. The summed E-state index contributed by atoms with van der Waals surface area (Å²) < 4.78 is 40.6. The molecule has 0 heterocycles. The number of rotatable bonds is 5. The van der Waals surface area contributed by atoms with E-state index < -0.39 is 26.3 Å². The van der Waals surface area contributed by atoms with E-state index in [0.29, 0.717) is 6.42 Å². The van der Waals surface area contributed by atoms with Crippen LogP contribution < -0.4 is 10.5 Å². The van der Waals surface area contributed by atoms with Crippen molar-refractivity contribution in [3.8, 4) is 0 Å². The maximum absolute atomic E-state index is 13.9. The van der Waals surface area contributed by atoms with E-state index in [-0.39, 0.29) is 17.9 Å². The van der Waals surface area contributed by atoms with Gasteiger partial charge in [-0.1, -0.05) is 6.92 Å². The molecule has 0 bridgehead atoms. The van der Waals surface area contributed by atoms with Gasteiger partial charge >= 0.3 is 0 Å². The van der Waals surface area contributed by atoms with Crippen molar-refractivity contribution in [1.29, 1.82) is 0 Å². The SMILES string of the molecule is CCC(C)(CO)NS(=O)(=O)c1cc(N)cc(C)c1F. The lowest BCUT2D eigenvalue weighted by Crippen LogP contribution is -2.48. The van der Waals surface area contributed by atoms with Crippen molar-refractivity contribution in [2.24, 2.45) is 0 Å². The van der Waals surface area contributed by atoms with Gasteiger partial charge in [-0.25, -0.2) is 17.5 Å². The van der Waals surface area contributed by atoms with Crippen LogP contribution in [0.4, 0.5) is 10.1 Å². The Morgan fingerprint density at radius 3 is 2.53 bits per heavy atom. The number of sulfonamides is 1. The van der Waals surface area contributed by atoms with Crippen LogP contribution in [-0.4, -0.2) is 25.7 Å². The molecule has 0 saturated heterocycles. The van der Waals surface area contributed by atoms with Gasteiger partial charge < -0.3 is 10.8 Å². The molecule has 1 rings (SSSR count). The van der Waals surface area contributed by atoms with E-state index in [1.807, 2.05) is 0 Å². The second-order valence-corrected chi connectivity index (χ2v) is 6.48. The molecule has 4 N–H and O–H groups in total. The highest BCUT2D eigenvalue weighted by Gasteiger charge is 2.30. The molecule has 0 aliphatic rings. The molecule has 7 heteroatoms. The van der Waals surface area contributed by atoms with Gasteiger partial charge in [-0.05, 0) is 38.0 Å². The quantitative estimate of drug-likeness (QED) is 0.709. The predicted octanol–water partition coefficient (Wildman–Crippen LogP) is 1.16. The summed E-state index contributed by atoms with van der Waals surface area (Å²) in [5, 5.41) is 9.23. The zero-order valence-electron chi connectivity index (χ0n) is 11.2. The average Bonchev–Trinajstić information content (AvgIpc) is 2.32. The van der Waals surface area contributed by atoms with Crippen molar-refractivity contribution >= 4 is 15.7 Å². The highest BCUT2D eigenvalue weighted by Crippen LogP contribution is 2.23. The topological polar surface area (TPSA) is 92.4 Å². The first-order valence-electron chi connectivity index (χ1n) is 5.85. The zero-order chi connectivity index (χ0) is 14.8. The number of aliphatic hydroxyl groups is 1. The van der Waals surface area contributed by atoms with Gasteiger partial charge in [-0.3, -0.25) is 0 Å². The van der Waals surface area contributed by atoms with Gasteiger partial charge in [0.25, 0.3) is 0 Å². The van der Waals surface area contributed by atoms with Crippen molar-refractivity contribution in [3.05, 3.63) is 23.5 Å². The molecule has 1 atom stereocenters. The third-order valence-corrected chi connectivity index (χ3v) is 4.68. The van der Waals surface area contributed by atoms with Crippen LogP contribution in [-0.2, 0) is 10.0 Å². The molecule has 5 nitrogen and oxygen atoms in total. The molecule has 108 valence electrons. The minimum atomic E-state index is -4.08. The lowest BCUT2D eigenvalue weighted by atomic mass is 10.0. The van der Waals surface area contributed by atoms with E-state index in [4.69, 9.17) is 5.73 Å². The van der Waals surface area contributed by atoms with Gasteiger partial charge in [0.05, 0.1) is 12.1 Å². The monoisotopic (exact) mass is 290 g/mol. The van der Waals surface area contributed by atoms with Crippen molar-refractivity contribution in [1.82, 2.24) is 4.72 Å². The van der Waals surface area contributed by atoms with Gasteiger partial charge in [0, 0.05) is 5.69 Å². The van der Waals surface area contributed by atoms with Crippen molar-refractivity contribution < 1.29 is 17.9 Å². The first kappa shape index (κ1) is 15.9. The molecule has 0 amide bonds. The highest BCUT2D eigenvalue weighted by atomic mass is 32.2. The fraction of sp³-hybridized carbons (Fsp3) is 0.500. The molecule has 19 heavy (non-hydrogen) atoms. The number of halogens is 1. The Labute approximate surface area is 112 Å². The summed E-state index contributed by atoms with van der Waals surface area (Å²) in [7, 11) is -4.08. The first-order chi connectivity index (χ1) is 8.65. The molecule has 0 aliphatic carbocycles. The van der Waals surface area contributed by atoms with Crippen LogP contribution in [0.25, 0.3) is 0 Å². The Morgan fingerprint density at radius 2 is 2.05 bits per heavy atom. The van der Waals surface area contributed by atoms with Gasteiger partial charge in [-0.2, -0.15) is 0 Å². The minimum Gasteiger partial charge on any atom is -0.399 e. The first-order valence-corrected chi connectivity index (χ1v) is 7.34. The number of benzene rings is 1. The van der Waals surface area contributed by atoms with E-state index in [1.54, 1.807) is 13.8 Å². The summed E-state index contributed by atoms with van der Waals surface area (Å²) in [6.07, 6.45) is 0.367. The Morgan fingerprint density at radius 1 is 1.47 bits per heavy atom. The molecule has 0 saturated carbocycles. The number of hydrogen-bond acceptors (Lipinski definition) is 4. The minimum absolute atomic E-state index is 0.155. The van der Waals surface area contributed by atoms with E-state index in [0.717, 1.165) is 6.07 Å². The lowest BCUT2D eigenvalue weighted by molar-refractivity contribution is 0.191. The smallest absolute Gasteiger partial charge is 0.244 e. The van der Waals surface area contributed by atoms with Crippen LogP contribution in [0, 0.1) is 12.7 Å². The molecule has 0 aromatic heterocycles. The summed E-state index contributed by atoms with van der Waals surface area (Å²) in [4.78, 5) is -0.502. The molecule has 0 spiro atoms. The Balaban J connectivity index is 3.29. The zero-order valence-corrected chi connectivity index (χ0v) is 12.0. The predicted molar refractivity (Wildman–Crippen MR) is 71.7 cm³/mol. The second-order valence-electron chi connectivity index (χ2n) is 4.83. The molecule has 0 aliphatic heterocycles. The Hall–Kier alpha value is -1.18. The van der Waals surface area contributed by atoms with Crippen LogP contribution >= 0.6 is 0 Å². The third-order valence-electron chi connectivity index (χ3n) is 3.04. The molecule has 1 unspecified atom stereocenters.